The monoisotopic (exact) mass is 251 g/mol. The molecule has 18 heavy (non-hydrogen) atoms. The van der Waals surface area contributed by atoms with Crippen LogP contribution in [0.5, 0.6) is 5.75 Å². The number of hydrogen-bond acceptors (Lipinski definition) is 3. The summed E-state index contributed by atoms with van der Waals surface area (Å²) in [7, 11) is 1.68. The minimum atomic E-state index is -0.648. The average Bonchev–Trinajstić information content (AvgIpc) is 2.36. The number of rotatable bonds is 7. The smallest absolute Gasteiger partial charge is 0.123 e. The molecular formula is C15H25NO2. The molecule has 0 radical (unpaired) electrons. The van der Waals surface area contributed by atoms with Crippen LogP contribution >= 0.6 is 0 Å². The molecule has 3 heteroatoms. The highest BCUT2D eigenvalue weighted by Crippen LogP contribution is 2.24. The van der Waals surface area contributed by atoms with Crippen LogP contribution in [0.15, 0.2) is 24.3 Å². The fraction of sp³-hybridized carbons (Fsp3) is 0.600. The van der Waals surface area contributed by atoms with Gasteiger partial charge in [0.05, 0.1) is 12.7 Å². The minimum absolute atomic E-state index is 0.157. The number of ether oxygens (including phenoxy) is 1. The number of aliphatic hydroxyl groups is 1. The molecule has 0 heterocycles. The number of methoxy groups -OCH3 is 1. The minimum Gasteiger partial charge on any atom is -0.496 e. The molecule has 0 saturated carbocycles. The van der Waals surface area contributed by atoms with E-state index in [-0.39, 0.29) is 6.04 Å². The second-order valence-corrected chi connectivity index (χ2v) is 5.09. The maximum absolute atomic E-state index is 10.1. The molecule has 0 bridgehead atoms. The van der Waals surface area contributed by atoms with Crippen LogP contribution in [0.4, 0.5) is 0 Å². The molecule has 2 N–H and O–H groups in total. The quantitative estimate of drug-likeness (QED) is 0.783. The molecule has 0 spiro atoms. The van der Waals surface area contributed by atoms with E-state index in [2.05, 4.69) is 19.2 Å². The average molecular weight is 251 g/mol. The topological polar surface area (TPSA) is 41.5 Å². The summed E-state index contributed by atoms with van der Waals surface area (Å²) in [5, 5.41) is 13.5. The van der Waals surface area contributed by atoms with Gasteiger partial charge in [-0.05, 0) is 26.3 Å². The highest BCUT2D eigenvalue weighted by atomic mass is 16.5. The molecule has 2 atom stereocenters. The van der Waals surface area contributed by atoms with Gasteiger partial charge in [-0.25, -0.2) is 0 Å². The highest BCUT2D eigenvalue weighted by molar-refractivity contribution is 5.35. The Morgan fingerprint density at radius 2 is 2.06 bits per heavy atom. The van der Waals surface area contributed by atoms with Gasteiger partial charge in [-0.2, -0.15) is 0 Å². The van der Waals surface area contributed by atoms with Gasteiger partial charge < -0.3 is 15.2 Å². The Balaban J connectivity index is 2.62. The molecule has 0 fully saturated rings. The summed E-state index contributed by atoms with van der Waals surface area (Å²) >= 11 is 0. The van der Waals surface area contributed by atoms with E-state index in [4.69, 9.17) is 4.74 Å². The number of hydrogen-bond donors (Lipinski definition) is 2. The summed E-state index contributed by atoms with van der Waals surface area (Å²) in [5.74, 6) is 0.882. The lowest BCUT2D eigenvalue weighted by Crippen LogP contribution is -2.38. The van der Waals surface area contributed by atoms with Crippen molar-refractivity contribution >= 4 is 0 Å². The molecule has 3 nitrogen and oxygen atoms in total. The van der Waals surface area contributed by atoms with Gasteiger partial charge in [0.2, 0.25) is 0 Å². The predicted molar refractivity (Wildman–Crippen MR) is 74.9 cm³/mol. The van der Waals surface area contributed by atoms with Crippen LogP contribution in [0.1, 0.15) is 45.2 Å². The fourth-order valence-corrected chi connectivity index (χ4v) is 2.13. The van der Waals surface area contributed by atoms with Gasteiger partial charge >= 0.3 is 0 Å². The first-order valence-electron chi connectivity index (χ1n) is 6.59. The Kier molecular flexibility index (Phi) is 5.63. The molecule has 0 aliphatic carbocycles. The zero-order valence-electron chi connectivity index (χ0n) is 11.9. The Bertz CT molecular complexity index is 363. The summed E-state index contributed by atoms with van der Waals surface area (Å²) in [5.41, 5.74) is 0.470. The van der Waals surface area contributed by atoms with Crippen molar-refractivity contribution in [2.24, 2.45) is 0 Å². The third-order valence-corrected chi connectivity index (χ3v) is 3.18. The van der Waals surface area contributed by atoms with Crippen molar-refractivity contribution in [2.75, 3.05) is 13.7 Å². The maximum atomic E-state index is 10.1. The second-order valence-electron chi connectivity index (χ2n) is 5.09. The standard InChI is InChI=1S/C15H25NO2/c1-5-10-15(3,17)11-16-12(2)13-8-6-7-9-14(13)18-4/h6-9,12,16-17H,5,10-11H2,1-4H3. The van der Waals surface area contributed by atoms with Gasteiger partial charge in [-0.1, -0.05) is 31.5 Å². The molecule has 0 aromatic heterocycles. The third-order valence-electron chi connectivity index (χ3n) is 3.18. The predicted octanol–water partition coefficient (Wildman–Crippen LogP) is 2.90. The van der Waals surface area contributed by atoms with E-state index in [0.29, 0.717) is 6.54 Å². The second kappa shape index (κ2) is 6.76. The van der Waals surface area contributed by atoms with E-state index >= 15 is 0 Å². The molecular weight excluding hydrogens is 226 g/mol. The van der Waals surface area contributed by atoms with Crippen molar-refractivity contribution in [3.05, 3.63) is 29.8 Å². The van der Waals surface area contributed by atoms with Crippen LogP contribution < -0.4 is 10.1 Å². The van der Waals surface area contributed by atoms with Crippen molar-refractivity contribution in [3.63, 3.8) is 0 Å². The number of nitrogens with one attached hydrogen (secondary N) is 1. The maximum Gasteiger partial charge on any atom is 0.123 e. The van der Waals surface area contributed by atoms with Crippen molar-refractivity contribution in [2.45, 2.75) is 45.3 Å². The molecule has 1 aromatic rings. The number of benzene rings is 1. The van der Waals surface area contributed by atoms with E-state index in [9.17, 15) is 5.11 Å². The lowest BCUT2D eigenvalue weighted by molar-refractivity contribution is 0.0476. The van der Waals surface area contributed by atoms with Crippen molar-refractivity contribution in [1.82, 2.24) is 5.32 Å². The molecule has 1 rings (SSSR count). The van der Waals surface area contributed by atoms with Crippen LogP contribution in [0.2, 0.25) is 0 Å². The first-order valence-corrected chi connectivity index (χ1v) is 6.59. The Labute approximate surface area is 110 Å². The Morgan fingerprint density at radius 3 is 2.67 bits per heavy atom. The van der Waals surface area contributed by atoms with Gasteiger partial charge in [0.15, 0.2) is 0 Å². The summed E-state index contributed by atoms with van der Waals surface area (Å²) in [6.07, 6.45) is 1.79. The highest BCUT2D eigenvalue weighted by Gasteiger charge is 2.20. The van der Waals surface area contributed by atoms with E-state index in [1.165, 1.54) is 0 Å². The zero-order valence-corrected chi connectivity index (χ0v) is 11.9. The van der Waals surface area contributed by atoms with Crippen LogP contribution in [0.25, 0.3) is 0 Å². The Morgan fingerprint density at radius 1 is 1.39 bits per heavy atom. The molecule has 0 saturated heterocycles. The van der Waals surface area contributed by atoms with Gasteiger partial charge in [0.25, 0.3) is 0 Å². The van der Waals surface area contributed by atoms with Crippen LogP contribution in [-0.2, 0) is 0 Å². The zero-order chi connectivity index (χ0) is 13.6. The summed E-state index contributed by atoms with van der Waals surface area (Å²) in [6, 6.07) is 8.12. The molecule has 0 aliphatic heterocycles. The van der Waals surface area contributed by atoms with E-state index in [1.54, 1.807) is 7.11 Å². The molecule has 1 aromatic carbocycles. The molecule has 102 valence electrons. The van der Waals surface area contributed by atoms with Gasteiger partial charge in [0.1, 0.15) is 5.75 Å². The van der Waals surface area contributed by atoms with Crippen molar-refractivity contribution in [1.29, 1.82) is 0 Å². The van der Waals surface area contributed by atoms with Gasteiger partial charge in [-0.15, -0.1) is 0 Å². The lowest BCUT2D eigenvalue weighted by Gasteiger charge is -2.26. The lowest BCUT2D eigenvalue weighted by atomic mass is 9.99. The van der Waals surface area contributed by atoms with E-state index in [1.807, 2.05) is 31.2 Å². The summed E-state index contributed by atoms with van der Waals surface area (Å²) < 4.78 is 5.34. The SMILES string of the molecule is CCCC(C)(O)CNC(C)c1ccccc1OC. The molecule has 0 aliphatic rings. The van der Waals surface area contributed by atoms with Crippen LogP contribution in [0.3, 0.4) is 0 Å². The van der Waals surface area contributed by atoms with Crippen LogP contribution in [0, 0.1) is 0 Å². The largest absolute Gasteiger partial charge is 0.496 e. The first kappa shape index (κ1) is 15.0. The van der Waals surface area contributed by atoms with Crippen LogP contribution in [-0.4, -0.2) is 24.4 Å². The van der Waals surface area contributed by atoms with Crippen molar-refractivity contribution < 1.29 is 9.84 Å². The number of para-hydroxylation sites is 1. The van der Waals surface area contributed by atoms with E-state index < -0.39 is 5.60 Å². The molecule has 2 unspecified atom stereocenters. The van der Waals surface area contributed by atoms with Gasteiger partial charge in [-0.3, -0.25) is 0 Å². The third kappa shape index (κ3) is 4.31. The summed E-state index contributed by atoms with van der Waals surface area (Å²) in [4.78, 5) is 0. The fourth-order valence-electron chi connectivity index (χ4n) is 2.13. The van der Waals surface area contributed by atoms with E-state index in [0.717, 1.165) is 24.2 Å². The first-order chi connectivity index (χ1) is 8.50. The van der Waals surface area contributed by atoms with Crippen molar-refractivity contribution in [3.8, 4) is 5.75 Å². The van der Waals surface area contributed by atoms with Gasteiger partial charge in [0, 0.05) is 18.2 Å². The molecule has 0 amide bonds. The normalized spacial score (nSPS) is 16.1. The Hall–Kier alpha value is -1.06. The summed E-state index contributed by atoms with van der Waals surface area (Å²) in [6.45, 7) is 6.62.